The zero-order chi connectivity index (χ0) is 34.9. The van der Waals surface area contributed by atoms with Gasteiger partial charge in [0.1, 0.15) is 23.9 Å². The first-order chi connectivity index (χ1) is 22.4. The van der Waals surface area contributed by atoms with Crippen molar-refractivity contribution in [1.29, 1.82) is 0 Å². The summed E-state index contributed by atoms with van der Waals surface area (Å²) in [6.07, 6.45) is 1.52. The van der Waals surface area contributed by atoms with Gasteiger partial charge in [0.2, 0.25) is 17.7 Å². The zero-order valence-corrected chi connectivity index (χ0v) is 29.2. The minimum atomic E-state index is -1.24. The van der Waals surface area contributed by atoms with Gasteiger partial charge in [0.05, 0.1) is 28.9 Å². The van der Waals surface area contributed by atoms with Crippen LogP contribution in [0.1, 0.15) is 42.4 Å². The minimum absolute atomic E-state index is 0.0488. The Labute approximate surface area is 289 Å². The predicted octanol–water partition coefficient (Wildman–Crippen LogP) is 0.728. The number of amides is 3. The number of aromatic hydroxyl groups is 1. The van der Waals surface area contributed by atoms with Gasteiger partial charge in [-0.3, -0.25) is 22.5 Å². The van der Waals surface area contributed by atoms with E-state index in [4.69, 9.17) is 11.5 Å². The second kappa shape index (κ2) is 20.3. The highest BCUT2D eigenvalue weighted by Crippen LogP contribution is 2.22. The number of aliphatic imine (C=N–C) groups is 1. The lowest BCUT2D eigenvalue weighted by Gasteiger charge is -2.30. The van der Waals surface area contributed by atoms with Crippen LogP contribution >= 0.6 is 22.9 Å². The third kappa shape index (κ3) is 13.0. The first kappa shape index (κ1) is 39.2. The third-order valence-corrected chi connectivity index (χ3v) is 8.66. The van der Waals surface area contributed by atoms with Crippen LogP contribution in [0.2, 0.25) is 0 Å². The van der Waals surface area contributed by atoms with Crippen LogP contribution in [0.5, 0.6) is 5.75 Å². The summed E-state index contributed by atoms with van der Waals surface area (Å²) >= 11 is 1.77. The summed E-state index contributed by atoms with van der Waals surface area (Å²) in [7, 11) is 3.38. The summed E-state index contributed by atoms with van der Waals surface area (Å²) in [5.41, 5.74) is 14.1. The van der Waals surface area contributed by atoms with E-state index in [9.17, 15) is 29.4 Å². The van der Waals surface area contributed by atoms with Crippen molar-refractivity contribution in [1.82, 2.24) is 24.4 Å². The Morgan fingerprint density at radius 2 is 1.66 bits per heavy atom. The molecule has 0 aliphatic carbocycles. The quantitative estimate of drug-likeness (QED) is 0.0349. The Morgan fingerprint density at radius 3 is 2.26 bits per heavy atom. The molecule has 0 fully saturated rings. The summed E-state index contributed by atoms with van der Waals surface area (Å²) in [5, 5.41) is 31.0. The lowest BCUT2D eigenvalue weighted by Crippen LogP contribution is -2.57. The molecule has 0 aromatic heterocycles. The molecule has 2 aromatic carbocycles. The fourth-order valence-corrected chi connectivity index (χ4v) is 5.63. The molecule has 0 saturated heterocycles. The maximum atomic E-state index is 13.9. The molecule has 0 bridgehead atoms. The Morgan fingerprint density at radius 1 is 0.979 bits per heavy atom. The first-order valence-electron chi connectivity index (χ1n) is 15.4. The number of aryl methyl sites for hydroxylation is 1. The number of nitrogens with two attached hydrogens (primary N) is 2. The van der Waals surface area contributed by atoms with E-state index < -0.39 is 47.9 Å². The number of hydrogen-bond donors (Lipinski definition) is 8. The summed E-state index contributed by atoms with van der Waals surface area (Å²) in [6, 6.07) is 9.24. The van der Waals surface area contributed by atoms with E-state index in [0.29, 0.717) is 42.9 Å². The Kier molecular flexibility index (Phi) is 17.0. The van der Waals surface area contributed by atoms with Crippen LogP contribution in [0.4, 0.5) is 0 Å². The number of hydrogen-bond acceptors (Lipinski definition) is 8. The van der Waals surface area contributed by atoms with Crippen LogP contribution in [0.3, 0.4) is 0 Å². The highest BCUT2D eigenvalue weighted by molar-refractivity contribution is 14.1. The molecule has 47 heavy (non-hydrogen) atoms. The second-order valence-corrected chi connectivity index (χ2v) is 12.1. The Bertz CT molecular complexity index is 1360. The number of carbonyl (C=O) groups excluding carboxylic acids is 3. The van der Waals surface area contributed by atoms with Gasteiger partial charge in [0, 0.05) is 33.5 Å². The minimum Gasteiger partial charge on any atom is -0.508 e. The predicted molar refractivity (Wildman–Crippen MR) is 189 cm³/mol. The fraction of sp³-hybridized carbons (Fsp3) is 0.469. The van der Waals surface area contributed by atoms with Crippen molar-refractivity contribution in [2.75, 3.05) is 27.2 Å². The van der Waals surface area contributed by atoms with E-state index in [-0.39, 0.29) is 31.6 Å². The van der Waals surface area contributed by atoms with Crippen molar-refractivity contribution in [2.24, 2.45) is 16.5 Å². The number of nitrogens with one attached hydrogen (secondary N) is 4. The molecule has 0 heterocycles. The van der Waals surface area contributed by atoms with Crippen LogP contribution in [-0.4, -0.2) is 94.3 Å². The second-order valence-electron chi connectivity index (χ2n) is 11.1. The highest BCUT2D eigenvalue weighted by Gasteiger charge is 2.34. The van der Waals surface area contributed by atoms with Crippen LogP contribution in [-0.2, 0) is 32.0 Å². The maximum absolute atomic E-state index is 13.9. The van der Waals surface area contributed by atoms with E-state index in [1.807, 2.05) is 0 Å². The summed E-state index contributed by atoms with van der Waals surface area (Å²) in [5.74, 6) is -2.34. The summed E-state index contributed by atoms with van der Waals surface area (Å²) in [6.45, 7) is 2.53. The normalized spacial score (nSPS) is 13.9. The molecule has 0 spiro atoms. The number of carboxylic acids is 1. The van der Waals surface area contributed by atoms with Crippen LogP contribution in [0.15, 0.2) is 53.5 Å². The smallest absolute Gasteiger partial charge is 0.326 e. The zero-order valence-electron chi connectivity index (χ0n) is 27.0. The number of aliphatic carboxylic acids is 1. The van der Waals surface area contributed by atoms with Gasteiger partial charge in [-0.15, -0.1) is 0 Å². The van der Waals surface area contributed by atoms with Crippen molar-refractivity contribution in [3.63, 3.8) is 0 Å². The van der Waals surface area contributed by atoms with Gasteiger partial charge in [-0.1, -0.05) is 36.4 Å². The molecule has 0 unspecified atom stereocenters. The molecule has 10 N–H and O–H groups in total. The van der Waals surface area contributed by atoms with Crippen molar-refractivity contribution < 1.29 is 29.4 Å². The molecule has 3 amide bonds. The van der Waals surface area contributed by atoms with Gasteiger partial charge in [-0.05, 0) is 68.0 Å². The van der Waals surface area contributed by atoms with Crippen LogP contribution in [0, 0.1) is 6.92 Å². The topological polar surface area (TPSA) is 224 Å². The van der Waals surface area contributed by atoms with Crippen molar-refractivity contribution in [2.45, 2.75) is 69.6 Å². The van der Waals surface area contributed by atoms with E-state index >= 15 is 0 Å². The molecular formula is C32H47IN8O6. The van der Waals surface area contributed by atoms with Gasteiger partial charge >= 0.3 is 5.97 Å². The summed E-state index contributed by atoms with van der Waals surface area (Å²) in [4.78, 5) is 56.9. The van der Waals surface area contributed by atoms with Crippen molar-refractivity contribution in [3.8, 4) is 5.75 Å². The number of carboxylic acid groups (broad SMARTS) is 1. The molecule has 0 radical (unpaired) electrons. The number of guanidine groups is 1. The number of phenols is 1. The van der Waals surface area contributed by atoms with Crippen LogP contribution in [0.25, 0.3) is 0 Å². The van der Waals surface area contributed by atoms with Gasteiger partial charge in [0.15, 0.2) is 5.96 Å². The molecular weight excluding hydrogens is 719 g/mol. The Hall–Kier alpha value is -3.96. The van der Waals surface area contributed by atoms with Crippen molar-refractivity contribution >= 4 is 52.5 Å². The van der Waals surface area contributed by atoms with Gasteiger partial charge in [0.25, 0.3) is 0 Å². The maximum Gasteiger partial charge on any atom is 0.326 e. The molecule has 14 nitrogen and oxygen atoms in total. The number of nitrogens with zero attached hydrogens (tertiary/aromatic N) is 2. The SMILES string of the molecule is C/N=C(\NC)NCCC[C@H](N)C(=O)N(I)[C@@H](Cc1ccc(O)cc1C)C(=O)N[C@@H](CCCN)C(=O)N[C@@H](Cc1ccccc1)C(=O)O. The molecule has 0 aliphatic rings. The van der Waals surface area contributed by atoms with Crippen LogP contribution < -0.4 is 32.7 Å². The van der Waals surface area contributed by atoms with E-state index in [1.165, 1.54) is 9.18 Å². The number of carbonyl (C=O) groups is 4. The Balaban J connectivity index is 2.27. The molecule has 2 rings (SSSR count). The summed E-state index contributed by atoms with van der Waals surface area (Å²) < 4.78 is 1.25. The van der Waals surface area contributed by atoms with E-state index in [1.54, 1.807) is 86.3 Å². The molecule has 15 heteroatoms. The van der Waals surface area contributed by atoms with Gasteiger partial charge < -0.3 is 42.9 Å². The third-order valence-electron chi connectivity index (χ3n) is 7.52. The first-order valence-corrected chi connectivity index (χ1v) is 16.4. The molecule has 0 aliphatic heterocycles. The van der Waals surface area contributed by atoms with E-state index in [2.05, 4.69) is 26.3 Å². The van der Waals surface area contributed by atoms with Gasteiger partial charge in [-0.25, -0.2) is 4.79 Å². The molecule has 2 aromatic rings. The number of rotatable bonds is 18. The highest BCUT2D eigenvalue weighted by atomic mass is 127. The van der Waals surface area contributed by atoms with Crippen molar-refractivity contribution in [3.05, 3.63) is 65.2 Å². The number of halogens is 1. The number of phenolic OH excluding ortho intramolecular Hbond substituents is 1. The molecule has 258 valence electrons. The number of benzene rings is 2. The standard InChI is InChI=1S/C32H47IN8O6/c1-20-17-23(42)14-13-22(20)19-27(41(33)30(45)24(35)11-8-16-38-32(36-2)37-3)29(44)39-25(12-7-15-34)28(43)40-26(31(46)47)18-21-9-5-4-6-10-21/h4-6,9-10,13-14,17,24-27,42H,7-8,11-12,15-16,18-19,34-35H2,1-3H3,(H,39,44)(H,40,43)(H,46,47)(H2,36,37,38)/t24-,25-,26-,27-/m0/s1. The van der Waals surface area contributed by atoms with E-state index in [0.717, 1.165) is 5.56 Å². The monoisotopic (exact) mass is 766 g/mol. The molecule has 4 atom stereocenters. The molecule has 0 saturated carbocycles. The average molecular weight is 767 g/mol. The lowest BCUT2D eigenvalue weighted by molar-refractivity contribution is -0.142. The average Bonchev–Trinajstić information content (AvgIpc) is 3.05. The fourth-order valence-electron chi connectivity index (χ4n) is 4.82. The largest absolute Gasteiger partial charge is 0.508 e. The lowest BCUT2D eigenvalue weighted by atomic mass is 9.99. The van der Waals surface area contributed by atoms with Gasteiger partial charge in [-0.2, -0.15) is 0 Å².